The van der Waals surface area contributed by atoms with Crippen molar-refractivity contribution in [3.05, 3.63) is 127 Å². The lowest BCUT2D eigenvalue weighted by atomic mass is 9.94. The van der Waals surface area contributed by atoms with E-state index in [2.05, 4.69) is 9.69 Å². The SMILES string of the molecule is [C-]#[N+]/C(C#N)=C1/c2cc(-c3ccc(F)c(C(F)(F)F)c3)ccc2-c2c1sc1c2-c2ccc(C)cc2/C1=C(/C#N)[N+]#[C-]. The summed E-state index contributed by atoms with van der Waals surface area (Å²) < 4.78 is 54.2. The number of thiophene rings is 1. The van der Waals surface area contributed by atoms with Crippen molar-refractivity contribution in [2.45, 2.75) is 13.1 Å². The van der Waals surface area contributed by atoms with E-state index in [1.807, 2.05) is 37.3 Å². The number of hydrogen-bond acceptors (Lipinski definition) is 3. The van der Waals surface area contributed by atoms with Crippen LogP contribution in [0, 0.1) is 48.5 Å². The summed E-state index contributed by atoms with van der Waals surface area (Å²) in [6.45, 7) is 17.2. The van der Waals surface area contributed by atoms with Crippen LogP contribution in [0.3, 0.4) is 0 Å². The van der Waals surface area contributed by atoms with Crippen LogP contribution in [0.2, 0.25) is 0 Å². The van der Waals surface area contributed by atoms with E-state index in [9.17, 15) is 28.1 Å². The Hall–Kier alpha value is -5.48. The molecule has 0 radical (unpaired) electrons. The number of allylic oxidation sites excluding steroid dienone is 2. The molecule has 4 aromatic rings. The molecule has 0 atom stereocenters. The molecular formula is C32H12F4N4S. The molecule has 194 valence electrons. The van der Waals surface area contributed by atoms with Gasteiger partial charge >= 0.3 is 6.18 Å². The van der Waals surface area contributed by atoms with Crippen LogP contribution in [-0.4, -0.2) is 0 Å². The molecule has 0 N–H and O–H groups in total. The maximum absolute atomic E-state index is 14.0. The fourth-order valence-electron chi connectivity index (χ4n) is 5.44. The molecule has 0 unspecified atom stereocenters. The number of benzene rings is 3. The molecule has 3 aromatic carbocycles. The fourth-order valence-corrected chi connectivity index (χ4v) is 6.89. The number of rotatable bonds is 1. The summed E-state index contributed by atoms with van der Waals surface area (Å²) in [5.74, 6) is -1.38. The molecule has 1 heterocycles. The lowest BCUT2D eigenvalue weighted by Crippen LogP contribution is -2.08. The molecule has 0 spiro atoms. The molecular weight excluding hydrogens is 548 g/mol. The molecule has 1 aromatic heterocycles. The van der Waals surface area contributed by atoms with Crippen molar-refractivity contribution < 1.29 is 17.6 Å². The molecule has 4 nitrogen and oxygen atoms in total. The number of nitrogens with zero attached hydrogens (tertiary/aromatic N) is 4. The summed E-state index contributed by atoms with van der Waals surface area (Å²) in [5.41, 5.74) is 4.83. The topological polar surface area (TPSA) is 56.3 Å². The maximum Gasteiger partial charge on any atom is 0.419 e. The van der Waals surface area contributed by atoms with Gasteiger partial charge in [0, 0.05) is 32.0 Å². The highest BCUT2D eigenvalue weighted by Crippen LogP contribution is 2.61. The van der Waals surface area contributed by atoms with Gasteiger partial charge in [-0.25, -0.2) is 24.6 Å². The van der Waals surface area contributed by atoms with Crippen LogP contribution in [0.15, 0.2) is 66.0 Å². The van der Waals surface area contributed by atoms with Crippen LogP contribution in [0.1, 0.15) is 32.0 Å². The van der Waals surface area contributed by atoms with Gasteiger partial charge in [-0.15, -0.1) is 11.3 Å². The van der Waals surface area contributed by atoms with E-state index in [0.29, 0.717) is 37.6 Å². The van der Waals surface area contributed by atoms with E-state index in [1.165, 1.54) is 17.4 Å². The maximum atomic E-state index is 14.0. The molecule has 0 amide bonds. The summed E-state index contributed by atoms with van der Waals surface area (Å²) in [4.78, 5) is 8.19. The third-order valence-electron chi connectivity index (χ3n) is 7.15. The van der Waals surface area contributed by atoms with Crippen LogP contribution in [-0.2, 0) is 6.18 Å². The Bertz CT molecular complexity index is 2070. The first-order valence-corrected chi connectivity index (χ1v) is 12.8. The van der Waals surface area contributed by atoms with Gasteiger partial charge in [0.2, 0.25) is 0 Å². The largest absolute Gasteiger partial charge is 0.419 e. The zero-order valence-corrected chi connectivity index (χ0v) is 21.7. The molecule has 41 heavy (non-hydrogen) atoms. The lowest BCUT2D eigenvalue weighted by Gasteiger charge is -2.12. The molecule has 0 saturated carbocycles. The molecule has 9 heteroatoms. The minimum Gasteiger partial charge on any atom is -0.226 e. The van der Waals surface area contributed by atoms with Crippen molar-refractivity contribution in [2.75, 3.05) is 0 Å². The Kier molecular flexibility index (Phi) is 5.68. The van der Waals surface area contributed by atoms with Crippen LogP contribution >= 0.6 is 11.3 Å². The Balaban J connectivity index is 1.67. The van der Waals surface area contributed by atoms with Gasteiger partial charge in [0.15, 0.2) is 0 Å². The van der Waals surface area contributed by atoms with Crippen molar-refractivity contribution in [1.29, 1.82) is 10.5 Å². The van der Waals surface area contributed by atoms with Gasteiger partial charge in [-0.1, -0.05) is 42.0 Å². The molecule has 0 bridgehead atoms. The summed E-state index contributed by atoms with van der Waals surface area (Å²) >= 11 is 1.27. The number of hydrogen-bond donors (Lipinski definition) is 0. The van der Waals surface area contributed by atoms with Crippen molar-refractivity contribution in [1.82, 2.24) is 0 Å². The predicted molar refractivity (Wildman–Crippen MR) is 147 cm³/mol. The first-order chi connectivity index (χ1) is 19.6. The van der Waals surface area contributed by atoms with Gasteiger partial charge in [0.1, 0.15) is 5.82 Å². The third kappa shape index (κ3) is 3.69. The Morgan fingerprint density at radius 3 is 1.80 bits per heavy atom. The molecule has 0 fully saturated rings. The second-order valence-corrected chi connectivity index (χ2v) is 10.4. The summed E-state index contributed by atoms with van der Waals surface area (Å²) in [5, 5.41) is 19.6. The van der Waals surface area contributed by atoms with Crippen LogP contribution in [0.5, 0.6) is 0 Å². The highest BCUT2D eigenvalue weighted by atomic mass is 32.1. The summed E-state index contributed by atoms with van der Waals surface area (Å²) in [6, 6.07) is 17.4. The third-order valence-corrected chi connectivity index (χ3v) is 8.37. The van der Waals surface area contributed by atoms with E-state index in [-0.39, 0.29) is 17.0 Å². The number of aryl methyl sites for hydroxylation is 1. The molecule has 0 aliphatic heterocycles. The zero-order chi connectivity index (χ0) is 29.2. The zero-order valence-electron chi connectivity index (χ0n) is 20.9. The first kappa shape index (κ1) is 25.8. The van der Waals surface area contributed by atoms with Crippen molar-refractivity contribution >= 4 is 22.5 Å². The van der Waals surface area contributed by atoms with Gasteiger partial charge in [0.25, 0.3) is 11.4 Å². The average molecular weight is 561 g/mol. The Morgan fingerprint density at radius 1 is 0.756 bits per heavy atom. The van der Waals surface area contributed by atoms with Gasteiger partial charge in [-0.3, -0.25) is 0 Å². The van der Waals surface area contributed by atoms with Crippen molar-refractivity contribution in [3.8, 4) is 45.5 Å². The van der Waals surface area contributed by atoms with E-state index in [1.54, 1.807) is 18.2 Å². The lowest BCUT2D eigenvalue weighted by molar-refractivity contribution is -0.139. The predicted octanol–water partition coefficient (Wildman–Crippen LogP) is 9.25. The number of halogens is 4. The van der Waals surface area contributed by atoms with E-state index in [0.717, 1.165) is 39.9 Å². The van der Waals surface area contributed by atoms with Crippen LogP contribution in [0.4, 0.5) is 17.6 Å². The van der Waals surface area contributed by atoms with Crippen molar-refractivity contribution in [3.63, 3.8) is 0 Å². The first-order valence-electron chi connectivity index (χ1n) is 12.0. The monoisotopic (exact) mass is 560 g/mol. The van der Waals surface area contributed by atoms with E-state index in [4.69, 9.17) is 13.1 Å². The van der Waals surface area contributed by atoms with Crippen LogP contribution < -0.4 is 0 Å². The summed E-state index contributed by atoms with van der Waals surface area (Å²) in [7, 11) is 0. The highest BCUT2D eigenvalue weighted by Gasteiger charge is 2.39. The minimum atomic E-state index is -4.88. The quantitative estimate of drug-likeness (QED) is 0.114. The van der Waals surface area contributed by atoms with E-state index < -0.39 is 17.6 Å². The van der Waals surface area contributed by atoms with Gasteiger partial charge in [0.05, 0.1) is 30.8 Å². The number of alkyl halides is 3. The second-order valence-electron chi connectivity index (χ2n) is 9.41. The van der Waals surface area contributed by atoms with Gasteiger partial charge in [-0.05, 0) is 58.5 Å². The molecule has 0 saturated heterocycles. The second kappa shape index (κ2) is 9.04. The number of fused-ring (bicyclic) bond motifs is 7. The Labute approximate surface area is 235 Å². The standard InChI is InChI=1S/C32H12F4N4S/c1-15-4-7-18-20(10-15)26(24(13-37)39-2)30-28(18)29-19-8-5-16(17-6-9-23(33)22(12-17)32(34,35)36)11-21(19)27(31(29)41-30)25(14-38)40-3/h4-12H,1H3/b26-24+,27-25-. The fraction of sp³-hybridized carbons (Fsp3) is 0.0625. The highest BCUT2D eigenvalue weighted by molar-refractivity contribution is 7.16. The van der Waals surface area contributed by atoms with Crippen LogP contribution in [0.25, 0.3) is 54.2 Å². The minimum absolute atomic E-state index is 0.0703. The molecule has 6 rings (SSSR count). The van der Waals surface area contributed by atoms with Crippen molar-refractivity contribution in [2.24, 2.45) is 0 Å². The molecule has 2 aliphatic carbocycles. The number of nitriles is 2. The smallest absolute Gasteiger partial charge is 0.226 e. The average Bonchev–Trinajstić information content (AvgIpc) is 3.56. The van der Waals surface area contributed by atoms with Gasteiger partial charge < -0.3 is 0 Å². The Morgan fingerprint density at radius 2 is 1.27 bits per heavy atom. The summed E-state index contributed by atoms with van der Waals surface area (Å²) in [6.07, 6.45) is -4.88. The van der Waals surface area contributed by atoms with E-state index >= 15 is 0 Å². The van der Waals surface area contributed by atoms with Gasteiger partial charge in [-0.2, -0.15) is 13.2 Å². The molecule has 2 aliphatic rings. The normalized spacial score (nSPS) is 15.0.